The van der Waals surface area contributed by atoms with Crippen LogP contribution >= 0.6 is 0 Å². The highest BCUT2D eigenvalue weighted by Crippen LogP contribution is 2.38. The van der Waals surface area contributed by atoms with Crippen LogP contribution in [0, 0.1) is 0 Å². The number of hydrogen-bond donors (Lipinski definition) is 1. The normalized spacial score (nSPS) is 15.7. The number of ketones is 1. The summed E-state index contributed by atoms with van der Waals surface area (Å²) in [6, 6.07) is 9.58. The number of benzene rings is 1. The molecule has 0 fully saturated rings. The Kier molecular flexibility index (Phi) is 4.81. The van der Waals surface area contributed by atoms with E-state index in [0.717, 1.165) is 24.8 Å². The molecule has 2 heterocycles. The van der Waals surface area contributed by atoms with Gasteiger partial charge in [0.1, 0.15) is 0 Å². The van der Waals surface area contributed by atoms with Crippen molar-refractivity contribution in [2.75, 3.05) is 0 Å². The Balaban J connectivity index is 1.52. The van der Waals surface area contributed by atoms with Crippen LogP contribution < -0.4 is 0 Å². The van der Waals surface area contributed by atoms with Crippen LogP contribution in [0.5, 0.6) is 0 Å². The van der Waals surface area contributed by atoms with Crippen LogP contribution in [0.25, 0.3) is 11.4 Å². The van der Waals surface area contributed by atoms with E-state index in [1.807, 2.05) is 13.0 Å². The van der Waals surface area contributed by atoms with Crippen LogP contribution in [0.2, 0.25) is 0 Å². The molecule has 1 N–H and O–H groups in total. The first-order valence-corrected chi connectivity index (χ1v) is 9.22. The van der Waals surface area contributed by atoms with Crippen LogP contribution in [0.15, 0.2) is 41.1 Å². The number of pyridine rings is 1. The molecule has 0 amide bonds. The zero-order valence-corrected chi connectivity index (χ0v) is 15.2. The molecule has 0 aliphatic heterocycles. The Bertz CT molecular complexity index is 980. The van der Waals surface area contributed by atoms with Gasteiger partial charge in [-0.15, -0.1) is 0 Å². The minimum absolute atomic E-state index is 0.0831. The van der Waals surface area contributed by atoms with Crippen molar-refractivity contribution in [3.05, 3.63) is 64.8 Å². The molecule has 6 heteroatoms. The van der Waals surface area contributed by atoms with E-state index in [1.54, 1.807) is 18.3 Å². The number of aromatic nitrogens is 3. The number of aryl methyl sites for hydroxylation is 2. The molecule has 2 aromatic heterocycles. The summed E-state index contributed by atoms with van der Waals surface area (Å²) in [5, 5.41) is 13.2. The summed E-state index contributed by atoms with van der Waals surface area (Å²) < 4.78 is 5.20. The van der Waals surface area contributed by atoms with E-state index in [1.165, 1.54) is 11.1 Å². The molecule has 1 aromatic carbocycles. The summed E-state index contributed by atoms with van der Waals surface area (Å²) in [7, 11) is 0. The van der Waals surface area contributed by atoms with Crippen molar-refractivity contribution in [3.63, 3.8) is 0 Å². The summed E-state index contributed by atoms with van der Waals surface area (Å²) >= 11 is 0. The Hall–Kier alpha value is -2.86. The molecule has 6 nitrogen and oxygen atoms in total. The predicted octanol–water partition coefficient (Wildman–Crippen LogP) is 3.49. The maximum absolute atomic E-state index is 12.7. The minimum Gasteiger partial charge on any atom is -0.390 e. The third-order valence-electron chi connectivity index (χ3n) is 5.11. The molecule has 0 saturated heterocycles. The lowest BCUT2D eigenvalue weighted by Gasteiger charge is -2.11. The molecular formula is C21H21N3O3. The van der Waals surface area contributed by atoms with Gasteiger partial charge in [0.2, 0.25) is 11.7 Å². The number of aliphatic hydroxyl groups excluding tert-OH is 1. The lowest BCUT2D eigenvalue weighted by Crippen LogP contribution is -2.06. The average molecular weight is 363 g/mol. The number of carbonyl (C=O) groups is 1. The first-order chi connectivity index (χ1) is 13.2. The zero-order valence-electron chi connectivity index (χ0n) is 15.2. The number of nitrogens with zero attached hydrogens (tertiary/aromatic N) is 3. The molecule has 0 radical (unpaired) electrons. The van der Waals surface area contributed by atoms with Crippen LogP contribution in [0.4, 0.5) is 0 Å². The molecule has 0 saturated carbocycles. The van der Waals surface area contributed by atoms with E-state index in [2.05, 4.69) is 27.3 Å². The van der Waals surface area contributed by atoms with Crippen molar-refractivity contribution >= 4 is 5.78 Å². The lowest BCUT2D eigenvalue weighted by atomic mass is 9.92. The Morgan fingerprint density at radius 1 is 1.30 bits per heavy atom. The van der Waals surface area contributed by atoms with Crippen molar-refractivity contribution < 1.29 is 14.4 Å². The third kappa shape index (κ3) is 3.53. The summed E-state index contributed by atoms with van der Waals surface area (Å²) in [4.78, 5) is 21.1. The van der Waals surface area contributed by atoms with Gasteiger partial charge in [0.15, 0.2) is 5.78 Å². The van der Waals surface area contributed by atoms with Crippen molar-refractivity contribution in [1.82, 2.24) is 15.1 Å². The molecule has 3 aromatic rings. The molecular weight excluding hydrogens is 342 g/mol. The fourth-order valence-corrected chi connectivity index (χ4v) is 3.65. The fourth-order valence-electron chi connectivity index (χ4n) is 3.65. The Morgan fingerprint density at radius 2 is 2.19 bits per heavy atom. The number of Topliss-reactive ketones (excluding diaryl/α,β-unsaturated/α-hetero) is 1. The summed E-state index contributed by atoms with van der Waals surface area (Å²) in [6.07, 6.45) is 4.65. The second-order valence-corrected chi connectivity index (χ2v) is 6.84. The largest absolute Gasteiger partial charge is 0.390 e. The standard InChI is InChI=1S/C21H21N3O3/c1-2-20-23-21(24-27-20)16-5-6-18-13(9-16)3-4-14(18)11-19(26)15-7-8-22-17(10-15)12-25/h5-10,14,25H,2-4,11-12H2,1H3/t14-/m0/s1. The second-order valence-electron chi connectivity index (χ2n) is 6.84. The minimum atomic E-state index is -0.161. The van der Waals surface area contributed by atoms with E-state index >= 15 is 0 Å². The van der Waals surface area contributed by atoms with Gasteiger partial charge in [-0.05, 0) is 48.1 Å². The van der Waals surface area contributed by atoms with Crippen molar-refractivity contribution in [1.29, 1.82) is 0 Å². The highest BCUT2D eigenvalue weighted by atomic mass is 16.5. The van der Waals surface area contributed by atoms with Gasteiger partial charge in [-0.1, -0.05) is 24.2 Å². The number of fused-ring (bicyclic) bond motifs is 1. The molecule has 0 spiro atoms. The van der Waals surface area contributed by atoms with Crippen LogP contribution in [0.3, 0.4) is 0 Å². The number of hydrogen-bond acceptors (Lipinski definition) is 6. The monoisotopic (exact) mass is 363 g/mol. The zero-order chi connectivity index (χ0) is 18.8. The predicted molar refractivity (Wildman–Crippen MR) is 99.3 cm³/mol. The molecule has 138 valence electrons. The first-order valence-electron chi connectivity index (χ1n) is 9.22. The van der Waals surface area contributed by atoms with Gasteiger partial charge in [0, 0.05) is 30.2 Å². The highest BCUT2D eigenvalue weighted by molar-refractivity contribution is 5.96. The van der Waals surface area contributed by atoms with Crippen molar-refractivity contribution in [2.24, 2.45) is 0 Å². The molecule has 1 aliphatic rings. The van der Waals surface area contributed by atoms with E-state index in [9.17, 15) is 9.90 Å². The SMILES string of the molecule is CCc1nc(-c2ccc3c(c2)CC[C@H]3CC(=O)c2ccnc(CO)c2)no1. The summed E-state index contributed by atoms with van der Waals surface area (Å²) in [5.41, 5.74) is 4.55. The van der Waals surface area contributed by atoms with Crippen molar-refractivity contribution in [2.45, 2.75) is 45.1 Å². The van der Waals surface area contributed by atoms with Gasteiger partial charge in [-0.3, -0.25) is 9.78 Å². The third-order valence-corrected chi connectivity index (χ3v) is 5.11. The Morgan fingerprint density at radius 3 is 2.96 bits per heavy atom. The topological polar surface area (TPSA) is 89.1 Å². The van der Waals surface area contributed by atoms with Crippen LogP contribution in [-0.4, -0.2) is 26.0 Å². The maximum Gasteiger partial charge on any atom is 0.226 e. The van der Waals surface area contributed by atoms with Gasteiger partial charge in [0.25, 0.3) is 0 Å². The quantitative estimate of drug-likeness (QED) is 0.674. The van der Waals surface area contributed by atoms with Gasteiger partial charge in [-0.25, -0.2) is 0 Å². The second kappa shape index (κ2) is 7.40. The van der Waals surface area contributed by atoms with E-state index in [0.29, 0.717) is 29.4 Å². The summed E-state index contributed by atoms with van der Waals surface area (Å²) in [5.74, 6) is 1.54. The van der Waals surface area contributed by atoms with Gasteiger partial charge < -0.3 is 9.63 Å². The average Bonchev–Trinajstić information content (AvgIpc) is 3.35. The fraction of sp³-hybridized carbons (Fsp3) is 0.333. The smallest absolute Gasteiger partial charge is 0.226 e. The molecule has 1 atom stereocenters. The van der Waals surface area contributed by atoms with Gasteiger partial charge >= 0.3 is 0 Å². The summed E-state index contributed by atoms with van der Waals surface area (Å²) in [6.45, 7) is 1.82. The molecule has 1 aliphatic carbocycles. The first kappa shape index (κ1) is 17.5. The van der Waals surface area contributed by atoms with E-state index < -0.39 is 0 Å². The molecule has 27 heavy (non-hydrogen) atoms. The lowest BCUT2D eigenvalue weighted by molar-refractivity contribution is 0.0973. The number of aliphatic hydroxyl groups is 1. The number of rotatable bonds is 6. The Labute approximate surface area is 157 Å². The highest BCUT2D eigenvalue weighted by Gasteiger charge is 2.26. The maximum atomic E-state index is 12.7. The molecule has 4 rings (SSSR count). The van der Waals surface area contributed by atoms with Crippen LogP contribution in [-0.2, 0) is 19.4 Å². The van der Waals surface area contributed by atoms with E-state index in [-0.39, 0.29) is 18.3 Å². The van der Waals surface area contributed by atoms with Gasteiger partial charge in [-0.2, -0.15) is 4.98 Å². The van der Waals surface area contributed by atoms with Gasteiger partial charge in [0.05, 0.1) is 12.3 Å². The van der Waals surface area contributed by atoms with E-state index in [4.69, 9.17) is 4.52 Å². The van der Waals surface area contributed by atoms with Crippen LogP contribution in [0.1, 0.15) is 58.8 Å². The van der Waals surface area contributed by atoms with Crippen molar-refractivity contribution in [3.8, 4) is 11.4 Å². The number of carbonyl (C=O) groups excluding carboxylic acids is 1. The molecule has 0 unspecified atom stereocenters. The molecule has 0 bridgehead atoms.